The number of hydrogen-bond acceptors (Lipinski definition) is 8. The maximum absolute atomic E-state index is 13.1. The number of hydrogen-bond donors (Lipinski definition) is 2. The molecule has 0 fully saturated rings. The van der Waals surface area contributed by atoms with Gasteiger partial charge in [-0.05, 0) is 13.0 Å². The fourth-order valence-electron chi connectivity index (χ4n) is 3.60. The van der Waals surface area contributed by atoms with Crippen molar-refractivity contribution in [3.05, 3.63) is 39.5 Å². The van der Waals surface area contributed by atoms with Gasteiger partial charge >= 0.3 is 5.91 Å². The third-order valence-corrected chi connectivity index (χ3v) is 6.22. The Bertz CT molecular complexity index is 1360. The molecule has 4 aromatic heterocycles. The average Bonchev–Trinajstić information content (AvgIpc) is 3.47. The summed E-state index contributed by atoms with van der Waals surface area (Å²) in [5.41, 5.74) is 7.14. The summed E-state index contributed by atoms with van der Waals surface area (Å²) < 4.78 is 9.53. The Hall–Kier alpha value is -3.54. The molecule has 3 N–H and O–H groups in total. The van der Waals surface area contributed by atoms with E-state index in [1.54, 1.807) is 23.9 Å². The zero-order chi connectivity index (χ0) is 21.0. The fourth-order valence-corrected chi connectivity index (χ4v) is 4.73. The number of ether oxygens (including phenoxy) is 1. The number of aliphatic imine (C=N–C) groups is 1. The van der Waals surface area contributed by atoms with Crippen LogP contribution in [0.5, 0.6) is 0 Å². The Balaban J connectivity index is 1.49. The monoisotopic (exact) mass is 426 g/mol. The van der Waals surface area contributed by atoms with E-state index in [4.69, 9.17) is 15.5 Å². The van der Waals surface area contributed by atoms with Crippen LogP contribution in [0, 0.1) is 0 Å². The molecule has 12 heteroatoms. The minimum absolute atomic E-state index is 0.116. The number of H-pyrrole nitrogens is 1. The van der Waals surface area contributed by atoms with Gasteiger partial charge in [-0.2, -0.15) is 10.2 Å². The summed E-state index contributed by atoms with van der Waals surface area (Å²) in [6, 6.07) is 1.60. The summed E-state index contributed by atoms with van der Waals surface area (Å²) in [7, 11) is 1.82. The van der Waals surface area contributed by atoms with Gasteiger partial charge < -0.3 is 15.0 Å². The predicted molar refractivity (Wildman–Crippen MR) is 111 cm³/mol. The van der Waals surface area contributed by atoms with Crippen molar-refractivity contribution in [1.29, 1.82) is 0 Å². The van der Waals surface area contributed by atoms with Crippen LogP contribution < -0.4 is 11.3 Å². The van der Waals surface area contributed by atoms with Crippen LogP contribution in [0.4, 0.5) is 0 Å². The van der Waals surface area contributed by atoms with E-state index in [-0.39, 0.29) is 24.0 Å². The van der Waals surface area contributed by atoms with Crippen LogP contribution in [0.25, 0.3) is 21.3 Å². The van der Waals surface area contributed by atoms with Crippen LogP contribution in [-0.2, 0) is 29.5 Å². The molecule has 1 amide bonds. The molecule has 5 heterocycles. The van der Waals surface area contributed by atoms with E-state index in [1.165, 1.54) is 16.0 Å². The lowest BCUT2D eigenvalue weighted by atomic mass is 10.2. The first kappa shape index (κ1) is 18.5. The first-order valence-electron chi connectivity index (χ1n) is 9.29. The van der Waals surface area contributed by atoms with Crippen molar-refractivity contribution in [1.82, 2.24) is 29.5 Å². The standard InChI is InChI=1S/C18H18N8O3S/c1-8-11(29-17(22-8)15(19)27)7-26-18(28)13-10(6-21-26)14-16(25(13)2)23-12(30-14)5-9-3-4-20-24-9/h3-4,6,8,11H,5,7H2,1-2H3,(H2,19,27)(H,20,24). The Morgan fingerprint density at radius 1 is 1.43 bits per heavy atom. The minimum atomic E-state index is -0.723. The second-order valence-corrected chi connectivity index (χ2v) is 8.23. The predicted octanol–water partition coefficient (Wildman–Crippen LogP) is 0.330. The number of nitrogens with two attached hydrogens (primary N) is 1. The molecule has 1 aliphatic rings. The first-order valence-corrected chi connectivity index (χ1v) is 10.1. The van der Waals surface area contributed by atoms with Crippen molar-refractivity contribution in [2.24, 2.45) is 17.8 Å². The maximum Gasteiger partial charge on any atom is 0.303 e. The molecule has 2 unspecified atom stereocenters. The van der Waals surface area contributed by atoms with Crippen LogP contribution in [0.1, 0.15) is 17.6 Å². The highest BCUT2D eigenvalue weighted by molar-refractivity contribution is 7.19. The maximum atomic E-state index is 13.1. The third kappa shape index (κ3) is 2.87. The second-order valence-electron chi connectivity index (χ2n) is 7.15. The zero-order valence-corrected chi connectivity index (χ0v) is 17.0. The van der Waals surface area contributed by atoms with Gasteiger partial charge in [-0.25, -0.2) is 14.7 Å². The fraction of sp³-hybridized carbons (Fsp3) is 0.333. The number of nitrogens with one attached hydrogen (secondary N) is 1. The number of carbonyl (C=O) groups is 1. The van der Waals surface area contributed by atoms with Gasteiger partial charge in [0.1, 0.15) is 16.6 Å². The highest BCUT2D eigenvalue weighted by Gasteiger charge is 2.31. The van der Waals surface area contributed by atoms with E-state index in [1.807, 2.05) is 13.1 Å². The number of carbonyl (C=O) groups excluding carboxylic acids is 1. The summed E-state index contributed by atoms with van der Waals surface area (Å²) in [5, 5.41) is 13.0. The number of primary amides is 1. The number of aromatic amines is 1. The van der Waals surface area contributed by atoms with Gasteiger partial charge in [-0.3, -0.25) is 14.7 Å². The molecule has 0 saturated heterocycles. The number of thiazole rings is 1. The second kappa shape index (κ2) is 6.76. The van der Waals surface area contributed by atoms with Crippen molar-refractivity contribution in [2.75, 3.05) is 0 Å². The van der Waals surface area contributed by atoms with Gasteiger partial charge in [0.15, 0.2) is 5.65 Å². The molecule has 0 spiro atoms. The molecule has 0 aromatic carbocycles. The SMILES string of the molecule is CC1N=C(C(N)=O)OC1Cn1ncc2c3sc(Cc4cc[nH]n4)nc3n(C)c2c1=O. The summed E-state index contributed by atoms with van der Waals surface area (Å²) in [5.74, 6) is -0.839. The largest absolute Gasteiger partial charge is 0.466 e. The number of aromatic nitrogens is 6. The topological polar surface area (TPSA) is 146 Å². The third-order valence-electron chi connectivity index (χ3n) is 5.15. The van der Waals surface area contributed by atoms with Gasteiger partial charge in [0, 0.05) is 25.1 Å². The van der Waals surface area contributed by atoms with Crippen molar-refractivity contribution < 1.29 is 9.53 Å². The van der Waals surface area contributed by atoms with Gasteiger partial charge in [0.25, 0.3) is 11.5 Å². The molecule has 0 radical (unpaired) electrons. The molecule has 154 valence electrons. The van der Waals surface area contributed by atoms with Crippen LogP contribution >= 0.6 is 11.3 Å². The molecule has 30 heavy (non-hydrogen) atoms. The molecule has 4 aromatic rings. The van der Waals surface area contributed by atoms with Gasteiger partial charge in [-0.1, -0.05) is 0 Å². The molecule has 11 nitrogen and oxygen atoms in total. The highest BCUT2D eigenvalue weighted by Crippen LogP contribution is 2.31. The van der Waals surface area contributed by atoms with Crippen LogP contribution in [0.3, 0.4) is 0 Å². The van der Waals surface area contributed by atoms with Crippen molar-refractivity contribution in [3.8, 4) is 0 Å². The lowest BCUT2D eigenvalue weighted by molar-refractivity contribution is -0.113. The first-order chi connectivity index (χ1) is 14.4. The molecular weight excluding hydrogens is 408 g/mol. The average molecular weight is 426 g/mol. The minimum Gasteiger partial charge on any atom is -0.466 e. The Morgan fingerprint density at radius 2 is 2.27 bits per heavy atom. The Morgan fingerprint density at radius 3 is 2.97 bits per heavy atom. The van der Waals surface area contributed by atoms with Gasteiger partial charge in [-0.15, -0.1) is 11.3 Å². The van der Waals surface area contributed by atoms with Crippen LogP contribution in [0.2, 0.25) is 0 Å². The normalized spacial score (nSPS) is 18.8. The van der Waals surface area contributed by atoms with Crippen molar-refractivity contribution >= 4 is 44.4 Å². The number of rotatable bonds is 5. The molecule has 0 saturated carbocycles. The summed E-state index contributed by atoms with van der Waals surface area (Å²) in [6.07, 6.45) is 3.57. The number of amides is 1. The molecule has 0 aliphatic carbocycles. The van der Waals surface area contributed by atoms with Gasteiger partial charge in [0.05, 0.1) is 29.2 Å². The number of aryl methyl sites for hydroxylation is 1. The van der Waals surface area contributed by atoms with Crippen LogP contribution in [0.15, 0.2) is 28.2 Å². The molecule has 5 rings (SSSR count). The highest BCUT2D eigenvalue weighted by atomic mass is 32.1. The summed E-state index contributed by atoms with van der Waals surface area (Å²) in [6.45, 7) is 1.96. The number of fused-ring (bicyclic) bond motifs is 3. The van der Waals surface area contributed by atoms with E-state index in [0.717, 1.165) is 26.4 Å². The smallest absolute Gasteiger partial charge is 0.303 e. The lowest BCUT2D eigenvalue weighted by Crippen LogP contribution is -2.34. The Kier molecular flexibility index (Phi) is 4.17. The molecule has 1 aliphatic heterocycles. The van der Waals surface area contributed by atoms with E-state index in [0.29, 0.717) is 11.9 Å². The Labute approximate surface area is 173 Å². The van der Waals surface area contributed by atoms with E-state index in [9.17, 15) is 9.59 Å². The van der Waals surface area contributed by atoms with Gasteiger partial charge in [0.2, 0.25) is 0 Å². The quantitative estimate of drug-likeness (QED) is 0.470. The molecular formula is C18H18N8O3S. The molecule has 0 bridgehead atoms. The van der Waals surface area contributed by atoms with Crippen LogP contribution in [-0.4, -0.2) is 53.5 Å². The van der Waals surface area contributed by atoms with E-state index >= 15 is 0 Å². The summed E-state index contributed by atoms with van der Waals surface area (Å²) >= 11 is 1.53. The van der Waals surface area contributed by atoms with Crippen molar-refractivity contribution in [2.45, 2.75) is 32.0 Å². The van der Waals surface area contributed by atoms with E-state index < -0.39 is 12.0 Å². The molecule has 2 atom stereocenters. The summed E-state index contributed by atoms with van der Waals surface area (Å²) in [4.78, 5) is 33.2. The lowest BCUT2D eigenvalue weighted by Gasteiger charge is -2.15. The zero-order valence-electron chi connectivity index (χ0n) is 16.2. The van der Waals surface area contributed by atoms with Crippen molar-refractivity contribution in [3.63, 3.8) is 0 Å². The number of nitrogens with zero attached hydrogens (tertiary/aromatic N) is 6. The van der Waals surface area contributed by atoms with E-state index in [2.05, 4.69) is 20.3 Å².